The van der Waals surface area contributed by atoms with Crippen LogP contribution in [0.2, 0.25) is 0 Å². The van der Waals surface area contributed by atoms with Gasteiger partial charge in [0.1, 0.15) is 0 Å². The molecule has 6 heteroatoms. The van der Waals surface area contributed by atoms with E-state index in [9.17, 15) is 9.59 Å². The second kappa shape index (κ2) is 5.27. The standard InChI is InChI=1S/C13H16N2O4/c1-8(7-16)6-14-12(17)9-4-3-5-10-11(9)19-13(18)15(10)2/h3-5,8,16H,6-7H2,1-2H3,(H,14,17). The van der Waals surface area contributed by atoms with Crippen LogP contribution in [-0.4, -0.2) is 28.7 Å². The number of carbonyl (C=O) groups excluding carboxylic acids is 1. The highest BCUT2D eigenvalue weighted by Gasteiger charge is 2.16. The number of carbonyl (C=O) groups is 1. The third-order valence-corrected chi connectivity index (χ3v) is 2.99. The van der Waals surface area contributed by atoms with E-state index in [2.05, 4.69) is 5.32 Å². The van der Waals surface area contributed by atoms with Gasteiger partial charge in [0.25, 0.3) is 5.91 Å². The van der Waals surface area contributed by atoms with Gasteiger partial charge < -0.3 is 14.8 Å². The highest BCUT2D eigenvalue weighted by atomic mass is 16.4. The first-order valence-electron chi connectivity index (χ1n) is 6.02. The zero-order valence-corrected chi connectivity index (χ0v) is 10.8. The monoisotopic (exact) mass is 264 g/mol. The van der Waals surface area contributed by atoms with Crippen molar-refractivity contribution in [1.82, 2.24) is 9.88 Å². The van der Waals surface area contributed by atoms with E-state index in [0.29, 0.717) is 17.6 Å². The maximum atomic E-state index is 12.0. The van der Waals surface area contributed by atoms with Crippen LogP contribution >= 0.6 is 0 Å². The second-order valence-corrected chi connectivity index (χ2v) is 4.58. The number of nitrogens with one attached hydrogen (secondary N) is 1. The molecule has 2 aromatic rings. The molecule has 1 aromatic carbocycles. The van der Waals surface area contributed by atoms with Gasteiger partial charge in [-0.25, -0.2) is 4.79 Å². The van der Waals surface area contributed by atoms with E-state index < -0.39 is 5.76 Å². The summed E-state index contributed by atoms with van der Waals surface area (Å²) in [5.74, 6) is -0.842. The molecule has 1 aromatic heterocycles. The van der Waals surface area contributed by atoms with E-state index in [4.69, 9.17) is 9.52 Å². The molecule has 1 heterocycles. The van der Waals surface area contributed by atoms with Crippen LogP contribution in [0.15, 0.2) is 27.4 Å². The number of amides is 1. The number of benzene rings is 1. The van der Waals surface area contributed by atoms with Gasteiger partial charge >= 0.3 is 5.76 Å². The molecule has 0 saturated heterocycles. The Morgan fingerprint density at radius 2 is 2.26 bits per heavy atom. The van der Waals surface area contributed by atoms with Crippen molar-refractivity contribution in [3.05, 3.63) is 34.3 Å². The van der Waals surface area contributed by atoms with Gasteiger partial charge in [-0.05, 0) is 18.1 Å². The fraction of sp³-hybridized carbons (Fsp3) is 0.385. The van der Waals surface area contributed by atoms with E-state index >= 15 is 0 Å². The summed E-state index contributed by atoms with van der Waals surface area (Å²) >= 11 is 0. The van der Waals surface area contributed by atoms with E-state index in [1.54, 1.807) is 25.2 Å². The largest absolute Gasteiger partial charge is 0.419 e. The predicted molar refractivity (Wildman–Crippen MR) is 70.0 cm³/mol. The number of nitrogens with zero attached hydrogens (tertiary/aromatic N) is 1. The molecule has 2 rings (SSSR count). The Labute approximate surface area is 109 Å². The van der Waals surface area contributed by atoms with Gasteiger partial charge in [-0.3, -0.25) is 9.36 Å². The van der Waals surface area contributed by atoms with Crippen molar-refractivity contribution in [3.8, 4) is 0 Å². The second-order valence-electron chi connectivity index (χ2n) is 4.58. The van der Waals surface area contributed by atoms with Gasteiger partial charge in [0.2, 0.25) is 0 Å². The van der Waals surface area contributed by atoms with Gasteiger partial charge in [-0.2, -0.15) is 0 Å². The Kier molecular flexibility index (Phi) is 3.71. The molecular weight excluding hydrogens is 248 g/mol. The first kappa shape index (κ1) is 13.4. The Morgan fingerprint density at radius 3 is 2.95 bits per heavy atom. The third kappa shape index (κ3) is 2.53. The van der Waals surface area contributed by atoms with Crippen LogP contribution in [-0.2, 0) is 7.05 Å². The highest BCUT2D eigenvalue weighted by Crippen LogP contribution is 2.17. The fourth-order valence-electron chi connectivity index (χ4n) is 1.76. The number of aliphatic hydroxyl groups is 1. The van der Waals surface area contributed by atoms with Crippen molar-refractivity contribution in [2.75, 3.05) is 13.2 Å². The van der Waals surface area contributed by atoms with Crippen molar-refractivity contribution < 1.29 is 14.3 Å². The highest BCUT2D eigenvalue weighted by molar-refractivity contribution is 6.04. The van der Waals surface area contributed by atoms with Crippen LogP contribution in [0.3, 0.4) is 0 Å². The molecule has 0 bridgehead atoms. The zero-order chi connectivity index (χ0) is 14.0. The summed E-state index contributed by atoms with van der Waals surface area (Å²) < 4.78 is 6.43. The molecule has 0 fully saturated rings. The molecule has 102 valence electrons. The van der Waals surface area contributed by atoms with Crippen molar-refractivity contribution >= 4 is 17.0 Å². The lowest BCUT2D eigenvalue weighted by molar-refractivity contribution is 0.0943. The van der Waals surface area contributed by atoms with E-state index in [-0.39, 0.29) is 24.0 Å². The molecule has 0 saturated carbocycles. The lowest BCUT2D eigenvalue weighted by Gasteiger charge is -2.09. The van der Waals surface area contributed by atoms with Gasteiger partial charge in [-0.15, -0.1) is 0 Å². The summed E-state index contributed by atoms with van der Waals surface area (Å²) in [6.07, 6.45) is 0. The molecule has 1 atom stereocenters. The van der Waals surface area contributed by atoms with E-state index in [0.717, 1.165) is 0 Å². The Bertz CT molecular complexity index is 656. The fourth-order valence-corrected chi connectivity index (χ4v) is 1.76. The van der Waals surface area contributed by atoms with Gasteiger partial charge in [0.15, 0.2) is 5.58 Å². The summed E-state index contributed by atoms with van der Waals surface area (Å²) in [5, 5.41) is 11.6. The van der Waals surface area contributed by atoms with Crippen molar-refractivity contribution in [3.63, 3.8) is 0 Å². The summed E-state index contributed by atoms with van der Waals surface area (Å²) in [6.45, 7) is 2.19. The van der Waals surface area contributed by atoms with Crippen LogP contribution < -0.4 is 11.1 Å². The first-order chi connectivity index (χ1) is 9.04. The quantitative estimate of drug-likeness (QED) is 0.841. The normalized spacial score (nSPS) is 12.6. The van der Waals surface area contributed by atoms with Crippen molar-refractivity contribution in [2.45, 2.75) is 6.92 Å². The summed E-state index contributed by atoms with van der Waals surface area (Å²) in [6, 6.07) is 5.01. The lowest BCUT2D eigenvalue weighted by Crippen LogP contribution is -2.29. The minimum Gasteiger partial charge on any atom is -0.407 e. The van der Waals surface area contributed by atoms with E-state index in [1.807, 2.05) is 6.92 Å². The number of aliphatic hydroxyl groups excluding tert-OH is 1. The number of aryl methyl sites for hydroxylation is 1. The lowest BCUT2D eigenvalue weighted by atomic mass is 10.1. The third-order valence-electron chi connectivity index (χ3n) is 2.99. The number of para-hydroxylation sites is 1. The number of hydrogen-bond acceptors (Lipinski definition) is 4. The maximum absolute atomic E-state index is 12.0. The molecule has 1 unspecified atom stereocenters. The number of fused-ring (bicyclic) bond motifs is 1. The average Bonchev–Trinajstić information content (AvgIpc) is 2.71. The molecule has 6 nitrogen and oxygen atoms in total. The molecule has 0 aliphatic carbocycles. The molecule has 0 aliphatic rings. The molecule has 19 heavy (non-hydrogen) atoms. The van der Waals surface area contributed by atoms with Crippen LogP contribution in [0.1, 0.15) is 17.3 Å². The van der Waals surface area contributed by atoms with Crippen LogP contribution in [0.5, 0.6) is 0 Å². The number of oxazole rings is 1. The average molecular weight is 264 g/mol. The smallest absolute Gasteiger partial charge is 0.407 e. The van der Waals surface area contributed by atoms with Crippen molar-refractivity contribution in [2.24, 2.45) is 13.0 Å². The summed E-state index contributed by atoms with van der Waals surface area (Å²) in [7, 11) is 1.59. The molecule has 0 radical (unpaired) electrons. The SMILES string of the molecule is CC(CO)CNC(=O)c1cccc2c1oc(=O)n2C. The van der Waals surface area contributed by atoms with Crippen LogP contribution in [0.4, 0.5) is 0 Å². The summed E-state index contributed by atoms with van der Waals surface area (Å²) in [4.78, 5) is 23.5. The van der Waals surface area contributed by atoms with Crippen LogP contribution in [0, 0.1) is 5.92 Å². The molecule has 0 spiro atoms. The number of aromatic nitrogens is 1. The molecule has 0 aliphatic heterocycles. The zero-order valence-electron chi connectivity index (χ0n) is 10.8. The predicted octanol–water partition coefficient (Wildman–Crippen LogP) is 0.490. The summed E-state index contributed by atoms with van der Waals surface area (Å²) in [5.41, 5.74) is 1.18. The maximum Gasteiger partial charge on any atom is 0.419 e. The Hall–Kier alpha value is -2.08. The molecular formula is C13H16N2O4. The van der Waals surface area contributed by atoms with Gasteiger partial charge in [-0.1, -0.05) is 13.0 Å². The Morgan fingerprint density at radius 1 is 1.53 bits per heavy atom. The molecule has 2 N–H and O–H groups in total. The van der Waals surface area contributed by atoms with Gasteiger partial charge in [0.05, 0.1) is 11.1 Å². The minimum atomic E-state index is -0.501. The van der Waals surface area contributed by atoms with Gasteiger partial charge in [0, 0.05) is 20.2 Å². The first-order valence-corrected chi connectivity index (χ1v) is 6.02. The van der Waals surface area contributed by atoms with Crippen molar-refractivity contribution in [1.29, 1.82) is 0 Å². The molecule has 1 amide bonds. The topological polar surface area (TPSA) is 84.5 Å². The Balaban J connectivity index is 2.32. The van der Waals surface area contributed by atoms with E-state index in [1.165, 1.54) is 4.57 Å². The minimum absolute atomic E-state index is 0.00486. The van der Waals surface area contributed by atoms with Crippen LogP contribution in [0.25, 0.3) is 11.1 Å². The number of rotatable bonds is 4. The number of hydrogen-bond donors (Lipinski definition) is 2.